The Labute approximate surface area is 223 Å². The monoisotopic (exact) mass is 527 g/mol. The minimum absolute atomic E-state index is 0.0175. The maximum absolute atomic E-state index is 12.9. The van der Waals surface area contributed by atoms with E-state index in [2.05, 4.69) is 0 Å². The van der Waals surface area contributed by atoms with Gasteiger partial charge in [-0.05, 0) is 59.2 Å². The van der Waals surface area contributed by atoms with Crippen LogP contribution in [0.25, 0.3) is 0 Å². The van der Waals surface area contributed by atoms with Crippen LogP contribution in [0, 0.1) is 0 Å². The highest BCUT2D eigenvalue weighted by atomic mass is 16.7. The van der Waals surface area contributed by atoms with E-state index in [1.54, 1.807) is 26.0 Å². The highest BCUT2D eigenvalue weighted by Gasteiger charge is 2.49. The molecule has 1 heterocycles. The van der Waals surface area contributed by atoms with Crippen molar-refractivity contribution >= 4 is 18.1 Å². The van der Waals surface area contributed by atoms with Gasteiger partial charge in [-0.1, -0.05) is 42.5 Å². The molecule has 0 amide bonds. The molecule has 0 aromatic heterocycles. The lowest BCUT2D eigenvalue weighted by atomic mass is 9.80. The zero-order chi connectivity index (χ0) is 28.1. The summed E-state index contributed by atoms with van der Waals surface area (Å²) < 4.78 is 16.3. The van der Waals surface area contributed by atoms with Crippen LogP contribution in [0.1, 0.15) is 86.8 Å². The van der Waals surface area contributed by atoms with Crippen molar-refractivity contribution in [2.24, 2.45) is 0 Å². The van der Waals surface area contributed by atoms with Crippen LogP contribution in [0.15, 0.2) is 54.6 Å². The first-order valence-electron chi connectivity index (χ1n) is 12.7. The minimum atomic E-state index is -1.19. The zero-order valence-electron chi connectivity index (χ0n) is 22.8. The Balaban J connectivity index is 1.77. The molecule has 3 rings (SSSR count). The van der Waals surface area contributed by atoms with E-state index in [0.29, 0.717) is 12.8 Å². The molecule has 9 heteroatoms. The molecule has 9 nitrogen and oxygen atoms in total. The summed E-state index contributed by atoms with van der Waals surface area (Å²) in [5.74, 6) is -1.86. The first-order valence-corrected chi connectivity index (χ1v) is 12.7. The highest BCUT2D eigenvalue weighted by Crippen LogP contribution is 2.42. The van der Waals surface area contributed by atoms with Gasteiger partial charge in [0, 0.05) is 23.9 Å². The molecule has 0 radical (unpaired) electrons. The number of hydroxylamine groups is 2. The summed E-state index contributed by atoms with van der Waals surface area (Å²) >= 11 is 0. The minimum Gasteiger partial charge on any atom is -0.478 e. The van der Waals surface area contributed by atoms with E-state index in [9.17, 15) is 19.5 Å². The third-order valence-corrected chi connectivity index (χ3v) is 6.29. The Kier molecular flexibility index (Phi) is 9.17. The van der Waals surface area contributed by atoms with Gasteiger partial charge in [0.15, 0.2) is 0 Å². The van der Waals surface area contributed by atoms with Crippen LogP contribution in [-0.4, -0.2) is 58.2 Å². The lowest BCUT2D eigenvalue weighted by molar-refractivity contribution is -0.320. The van der Waals surface area contributed by atoms with Crippen LogP contribution < -0.4 is 0 Å². The van der Waals surface area contributed by atoms with Crippen molar-refractivity contribution in [2.45, 2.75) is 83.8 Å². The number of rotatable bonds is 9. The lowest BCUT2D eigenvalue weighted by Gasteiger charge is -2.54. The second-order valence-electron chi connectivity index (χ2n) is 10.9. The molecule has 2 aromatic carbocycles. The van der Waals surface area contributed by atoms with Gasteiger partial charge >= 0.3 is 18.1 Å². The van der Waals surface area contributed by atoms with Crippen LogP contribution in [0.2, 0.25) is 0 Å². The number of nitrogens with zero attached hydrogens (tertiary/aromatic N) is 1. The van der Waals surface area contributed by atoms with E-state index in [0.717, 1.165) is 5.56 Å². The van der Waals surface area contributed by atoms with E-state index in [1.807, 2.05) is 63.1 Å². The summed E-state index contributed by atoms with van der Waals surface area (Å²) in [6.45, 7) is 11.4. The van der Waals surface area contributed by atoms with Crippen molar-refractivity contribution in [1.82, 2.24) is 5.06 Å². The Morgan fingerprint density at radius 3 is 2.03 bits per heavy atom. The van der Waals surface area contributed by atoms with E-state index in [4.69, 9.17) is 19.0 Å². The quantitative estimate of drug-likeness (QED) is 0.405. The standard InChI is InChI=1S/C29H37NO8/c1-19(2)36-27(34)35-18-24(20-12-8-7-9-13-20)38-30-28(3,4)16-21(17-29(30,5)6)37-26(33)23-15-11-10-14-22(23)25(31)32/h7-15,19,21,24H,16-18H2,1-6H3,(H,31,32). The molecule has 0 spiro atoms. The van der Waals surface area contributed by atoms with Gasteiger partial charge in [0.05, 0.1) is 17.2 Å². The topological polar surface area (TPSA) is 112 Å². The van der Waals surface area contributed by atoms with Gasteiger partial charge in [-0.3, -0.25) is 4.84 Å². The molecule has 1 saturated heterocycles. The average molecular weight is 528 g/mol. The summed E-state index contributed by atoms with van der Waals surface area (Å²) in [6, 6.07) is 15.5. The van der Waals surface area contributed by atoms with E-state index >= 15 is 0 Å². The maximum atomic E-state index is 12.9. The molecule has 0 aliphatic carbocycles. The van der Waals surface area contributed by atoms with Crippen molar-refractivity contribution < 1.29 is 38.5 Å². The highest BCUT2D eigenvalue weighted by molar-refractivity contribution is 6.02. The Morgan fingerprint density at radius 1 is 0.921 bits per heavy atom. The molecule has 206 valence electrons. The van der Waals surface area contributed by atoms with Gasteiger partial charge in [-0.25, -0.2) is 14.4 Å². The van der Waals surface area contributed by atoms with E-state index in [-0.39, 0.29) is 23.8 Å². The fourth-order valence-corrected chi connectivity index (χ4v) is 4.96. The molecule has 1 fully saturated rings. The van der Waals surface area contributed by atoms with Gasteiger partial charge < -0.3 is 19.3 Å². The second kappa shape index (κ2) is 12.0. The number of carbonyl (C=O) groups excluding carboxylic acids is 2. The Morgan fingerprint density at radius 2 is 1.47 bits per heavy atom. The number of carbonyl (C=O) groups is 3. The van der Waals surface area contributed by atoms with Gasteiger partial charge in [-0.2, -0.15) is 5.06 Å². The first-order chi connectivity index (χ1) is 17.8. The third-order valence-electron chi connectivity index (χ3n) is 6.29. The van der Waals surface area contributed by atoms with Crippen LogP contribution in [0.5, 0.6) is 0 Å². The molecule has 1 atom stereocenters. The maximum Gasteiger partial charge on any atom is 0.508 e. The van der Waals surface area contributed by atoms with Crippen LogP contribution >= 0.6 is 0 Å². The number of piperidine rings is 1. The summed E-state index contributed by atoms with van der Waals surface area (Å²) in [4.78, 5) is 43.1. The molecule has 1 aliphatic rings. The Hall–Kier alpha value is -3.43. The van der Waals surface area contributed by atoms with E-state index < -0.39 is 41.4 Å². The lowest BCUT2D eigenvalue weighted by Crippen LogP contribution is -2.62. The summed E-state index contributed by atoms with van der Waals surface area (Å²) in [5, 5.41) is 11.3. The average Bonchev–Trinajstić information content (AvgIpc) is 2.82. The zero-order valence-corrected chi connectivity index (χ0v) is 22.8. The smallest absolute Gasteiger partial charge is 0.478 e. The van der Waals surface area contributed by atoms with Gasteiger partial charge in [-0.15, -0.1) is 0 Å². The summed E-state index contributed by atoms with van der Waals surface area (Å²) in [7, 11) is 0. The fraction of sp³-hybridized carbons (Fsp3) is 0.483. The van der Waals surface area contributed by atoms with E-state index in [1.165, 1.54) is 12.1 Å². The number of aromatic carboxylic acids is 1. The molecular weight excluding hydrogens is 490 g/mol. The molecule has 2 aromatic rings. The van der Waals surface area contributed by atoms with Gasteiger partial charge in [0.25, 0.3) is 0 Å². The largest absolute Gasteiger partial charge is 0.508 e. The molecule has 38 heavy (non-hydrogen) atoms. The second-order valence-corrected chi connectivity index (χ2v) is 10.9. The van der Waals surface area contributed by atoms with Gasteiger partial charge in [0.1, 0.15) is 18.8 Å². The van der Waals surface area contributed by atoms with Crippen molar-refractivity contribution in [3.8, 4) is 0 Å². The predicted octanol–water partition coefficient (Wildman–Crippen LogP) is 5.80. The summed E-state index contributed by atoms with van der Waals surface area (Å²) in [6.07, 6.45) is -1.27. The number of hydrogen-bond donors (Lipinski definition) is 1. The normalized spacial score (nSPS) is 18.0. The Bertz CT molecular complexity index is 1110. The molecule has 1 aliphatic heterocycles. The van der Waals surface area contributed by atoms with Crippen molar-refractivity contribution in [3.05, 3.63) is 71.3 Å². The number of benzene rings is 2. The predicted molar refractivity (Wildman–Crippen MR) is 140 cm³/mol. The number of ether oxygens (including phenoxy) is 3. The number of hydrogen-bond acceptors (Lipinski definition) is 8. The fourth-order valence-electron chi connectivity index (χ4n) is 4.96. The molecule has 1 unspecified atom stereocenters. The van der Waals surface area contributed by atoms with Crippen molar-refractivity contribution in [2.75, 3.05) is 6.61 Å². The molecule has 1 N–H and O–H groups in total. The van der Waals surface area contributed by atoms with Crippen LogP contribution in [0.3, 0.4) is 0 Å². The molecule has 0 saturated carbocycles. The number of carboxylic acid groups (broad SMARTS) is 1. The SMILES string of the molecule is CC(C)OC(=O)OCC(ON1C(C)(C)CC(OC(=O)c2ccccc2C(=O)O)CC1(C)C)c1ccccc1. The third kappa shape index (κ3) is 7.33. The van der Waals surface area contributed by atoms with Crippen LogP contribution in [0.4, 0.5) is 4.79 Å². The number of carboxylic acids is 1. The molecule has 0 bridgehead atoms. The number of esters is 1. The first kappa shape index (κ1) is 29.1. The summed E-state index contributed by atoms with van der Waals surface area (Å²) in [5.41, 5.74) is -0.438. The van der Waals surface area contributed by atoms with Crippen molar-refractivity contribution in [3.63, 3.8) is 0 Å². The van der Waals surface area contributed by atoms with Crippen molar-refractivity contribution in [1.29, 1.82) is 0 Å². The van der Waals surface area contributed by atoms with Gasteiger partial charge in [0.2, 0.25) is 0 Å². The van der Waals surface area contributed by atoms with Crippen LogP contribution in [-0.2, 0) is 19.0 Å². The molecular formula is C29H37NO8.